The Balaban J connectivity index is 1.46. The predicted molar refractivity (Wildman–Crippen MR) is 98.3 cm³/mol. The molecule has 0 bridgehead atoms. The molecule has 134 valence electrons. The summed E-state index contributed by atoms with van der Waals surface area (Å²) < 4.78 is 5.71. The lowest BCUT2D eigenvalue weighted by atomic mass is 10.1. The van der Waals surface area contributed by atoms with E-state index in [9.17, 15) is 4.79 Å². The van der Waals surface area contributed by atoms with Crippen molar-refractivity contribution in [2.75, 3.05) is 18.0 Å². The fraction of sp³-hybridized carbons (Fsp3) is 0.368. The second kappa shape index (κ2) is 6.74. The highest BCUT2D eigenvalue weighted by atomic mass is 16.5. The van der Waals surface area contributed by atoms with Crippen molar-refractivity contribution >= 4 is 22.8 Å². The molecule has 7 nitrogen and oxygen atoms in total. The summed E-state index contributed by atoms with van der Waals surface area (Å²) in [7, 11) is 0. The zero-order chi connectivity index (χ0) is 18.1. The Bertz CT molecular complexity index is 932. The third-order valence-electron chi connectivity index (χ3n) is 4.55. The molecular weight excluding hydrogens is 330 g/mol. The number of H-pyrrole nitrogens is 1. The van der Waals surface area contributed by atoms with Crippen molar-refractivity contribution in [2.45, 2.75) is 32.8 Å². The van der Waals surface area contributed by atoms with Crippen molar-refractivity contribution in [3.8, 4) is 0 Å². The van der Waals surface area contributed by atoms with Gasteiger partial charge in [0.05, 0.1) is 6.54 Å². The number of fused-ring (bicyclic) bond motifs is 1. The van der Waals surface area contributed by atoms with Crippen LogP contribution in [0.25, 0.3) is 11.0 Å². The Hall–Kier alpha value is -2.96. The van der Waals surface area contributed by atoms with E-state index in [1.165, 1.54) is 0 Å². The van der Waals surface area contributed by atoms with E-state index < -0.39 is 0 Å². The predicted octanol–water partition coefficient (Wildman–Crippen LogP) is 2.80. The first-order valence-corrected chi connectivity index (χ1v) is 8.81. The SMILES string of the molecule is Cc1cc(N2CCC[C@@H](OC(=O)c3ccc4cc[nH]c4n3)C2)nc(C)n1. The minimum atomic E-state index is -0.386. The highest BCUT2D eigenvalue weighted by Crippen LogP contribution is 2.21. The average molecular weight is 351 g/mol. The van der Waals surface area contributed by atoms with Gasteiger partial charge in [-0.15, -0.1) is 0 Å². The summed E-state index contributed by atoms with van der Waals surface area (Å²) in [5.74, 6) is 1.26. The van der Waals surface area contributed by atoms with Gasteiger partial charge in [0.2, 0.25) is 0 Å². The average Bonchev–Trinajstić information content (AvgIpc) is 3.09. The van der Waals surface area contributed by atoms with Crippen molar-refractivity contribution in [3.05, 3.63) is 47.7 Å². The second-order valence-electron chi connectivity index (χ2n) is 6.64. The topological polar surface area (TPSA) is 84.0 Å². The molecule has 4 rings (SSSR count). The first-order chi connectivity index (χ1) is 12.6. The third kappa shape index (κ3) is 3.37. The van der Waals surface area contributed by atoms with Crippen LogP contribution in [0.3, 0.4) is 0 Å². The molecule has 1 saturated heterocycles. The van der Waals surface area contributed by atoms with Gasteiger partial charge in [0.25, 0.3) is 0 Å². The van der Waals surface area contributed by atoms with E-state index in [0.717, 1.165) is 42.1 Å². The highest BCUT2D eigenvalue weighted by molar-refractivity contribution is 5.90. The molecule has 0 radical (unpaired) electrons. The highest BCUT2D eigenvalue weighted by Gasteiger charge is 2.25. The molecule has 3 aromatic rings. The van der Waals surface area contributed by atoms with E-state index in [0.29, 0.717) is 17.9 Å². The molecule has 3 aromatic heterocycles. The maximum Gasteiger partial charge on any atom is 0.357 e. The number of aromatic nitrogens is 4. The number of esters is 1. The number of piperidine rings is 1. The molecule has 1 N–H and O–H groups in total. The number of pyridine rings is 1. The molecule has 0 unspecified atom stereocenters. The fourth-order valence-electron chi connectivity index (χ4n) is 3.36. The van der Waals surface area contributed by atoms with Gasteiger partial charge in [-0.2, -0.15) is 0 Å². The van der Waals surface area contributed by atoms with Crippen LogP contribution in [-0.4, -0.2) is 45.1 Å². The monoisotopic (exact) mass is 351 g/mol. The summed E-state index contributed by atoms with van der Waals surface area (Å²) in [6.07, 6.45) is 3.42. The minimum absolute atomic E-state index is 0.173. The third-order valence-corrected chi connectivity index (χ3v) is 4.55. The number of hydrogen-bond acceptors (Lipinski definition) is 6. The molecular formula is C19H21N5O2. The number of anilines is 1. The Morgan fingerprint density at radius 1 is 1.23 bits per heavy atom. The van der Waals surface area contributed by atoms with E-state index in [1.54, 1.807) is 12.3 Å². The van der Waals surface area contributed by atoms with Gasteiger partial charge in [0.15, 0.2) is 5.69 Å². The van der Waals surface area contributed by atoms with Crippen molar-refractivity contribution in [1.82, 2.24) is 19.9 Å². The molecule has 1 atom stereocenters. The number of rotatable bonds is 3. The van der Waals surface area contributed by atoms with Gasteiger partial charge < -0.3 is 14.6 Å². The molecule has 4 heterocycles. The van der Waals surface area contributed by atoms with Crippen LogP contribution in [0.4, 0.5) is 5.82 Å². The maximum absolute atomic E-state index is 12.5. The van der Waals surface area contributed by atoms with Crippen LogP contribution in [-0.2, 0) is 4.74 Å². The molecule has 26 heavy (non-hydrogen) atoms. The summed E-state index contributed by atoms with van der Waals surface area (Å²) in [6.45, 7) is 5.38. The van der Waals surface area contributed by atoms with E-state index in [2.05, 4.69) is 24.8 Å². The summed E-state index contributed by atoms with van der Waals surface area (Å²) in [6, 6.07) is 7.46. The summed E-state index contributed by atoms with van der Waals surface area (Å²) in [4.78, 5) is 30.8. The lowest BCUT2D eigenvalue weighted by molar-refractivity contribution is 0.0263. The van der Waals surface area contributed by atoms with Gasteiger partial charge in [-0.1, -0.05) is 0 Å². The first kappa shape index (κ1) is 16.5. The van der Waals surface area contributed by atoms with Crippen LogP contribution in [0, 0.1) is 13.8 Å². The van der Waals surface area contributed by atoms with E-state index in [4.69, 9.17) is 4.74 Å². The van der Waals surface area contributed by atoms with E-state index in [1.807, 2.05) is 32.0 Å². The summed E-state index contributed by atoms with van der Waals surface area (Å²) in [5, 5.41) is 0.972. The number of aromatic amines is 1. The Morgan fingerprint density at radius 2 is 2.12 bits per heavy atom. The van der Waals surface area contributed by atoms with Gasteiger partial charge in [0.1, 0.15) is 23.4 Å². The molecule has 0 aliphatic carbocycles. The van der Waals surface area contributed by atoms with E-state index in [-0.39, 0.29) is 12.1 Å². The van der Waals surface area contributed by atoms with Crippen LogP contribution in [0.5, 0.6) is 0 Å². The van der Waals surface area contributed by atoms with Gasteiger partial charge in [-0.05, 0) is 44.9 Å². The lowest BCUT2D eigenvalue weighted by Crippen LogP contribution is -2.41. The van der Waals surface area contributed by atoms with Crippen LogP contribution < -0.4 is 4.90 Å². The molecule has 1 aliphatic heterocycles. The van der Waals surface area contributed by atoms with Crippen molar-refractivity contribution in [1.29, 1.82) is 0 Å². The van der Waals surface area contributed by atoms with Gasteiger partial charge >= 0.3 is 5.97 Å². The fourth-order valence-corrected chi connectivity index (χ4v) is 3.36. The number of hydrogen-bond donors (Lipinski definition) is 1. The Kier molecular flexibility index (Phi) is 4.28. The molecule has 0 spiro atoms. The zero-order valence-corrected chi connectivity index (χ0v) is 14.9. The number of ether oxygens (including phenoxy) is 1. The van der Waals surface area contributed by atoms with Crippen LogP contribution in [0.2, 0.25) is 0 Å². The number of carbonyl (C=O) groups excluding carboxylic acids is 1. The summed E-state index contributed by atoms with van der Waals surface area (Å²) >= 11 is 0. The second-order valence-corrected chi connectivity index (χ2v) is 6.64. The summed E-state index contributed by atoms with van der Waals surface area (Å²) in [5.41, 5.74) is 1.96. The molecule has 0 saturated carbocycles. The molecule has 0 aromatic carbocycles. The van der Waals surface area contributed by atoms with Crippen LogP contribution in [0.1, 0.15) is 34.8 Å². The maximum atomic E-state index is 12.5. The quantitative estimate of drug-likeness (QED) is 0.731. The largest absolute Gasteiger partial charge is 0.456 e. The number of aryl methyl sites for hydroxylation is 2. The lowest BCUT2D eigenvalue weighted by Gasteiger charge is -2.33. The van der Waals surface area contributed by atoms with Gasteiger partial charge in [-0.25, -0.2) is 19.7 Å². The van der Waals surface area contributed by atoms with Gasteiger partial charge in [-0.3, -0.25) is 0 Å². The van der Waals surface area contributed by atoms with Crippen molar-refractivity contribution in [3.63, 3.8) is 0 Å². The Morgan fingerprint density at radius 3 is 2.96 bits per heavy atom. The van der Waals surface area contributed by atoms with E-state index >= 15 is 0 Å². The first-order valence-electron chi connectivity index (χ1n) is 8.81. The molecule has 1 aliphatic rings. The van der Waals surface area contributed by atoms with Crippen molar-refractivity contribution in [2.24, 2.45) is 0 Å². The molecule has 7 heteroatoms. The zero-order valence-electron chi connectivity index (χ0n) is 14.9. The number of carbonyl (C=O) groups is 1. The van der Waals surface area contributed by atoms with Crippen LogP contribution >= 0.6 is 0 Å². The molecule has 0 amide bonds. The smallest absolute Gasteiger partial charge is 0.357 e. The standard InChI is InChI=1S/C19H21N5O2/c1-12-10-17(22-13(2)21-12)24-9-3-4-15(11-24)26-19(25)16-6-5-14-7-8-20-18(14)23-16/h5-8,10,15H,3-4,9,11H2,1-2H3,(H,20,23)/t15-/m1/s1. The number of nitrogens with one attached hydrogen (secondary N) is 1. The van der Waals surface area contributed by atoms with Gasteiger partial charge in [0, 0.05) is 29.9 Å². The number of nitrogens with zero attached hydrogens (tertiary/aromatic N) is 4. The van der Waals surface area contributed by atoms with Crippen molar-refractivity contribution < 1.29 is 9.53 Å². The minimum Gasteiger partial charge on any atom is -0.456 e. The normalized spacial score (nSPS) is 17.5. The van der Waals surface area contributed by atoms with Crippen LogP contribution in [0.15, 0.2) is 30.5 Å². The molecule has 1 fully saturated rings. The Labute approximate surface area is 151 Å².